The van der Waals surface area contributed by atoms with Gasteiger partial charge in [0.15, 0.2) is 23.0 Å². The lowest BCUT2D eigenvalue weighted by molar-refractivity contribution is 0.382. The minimum absolute atomic E-state index is 0.115. The standard InChI is InChI=1S/2C22H16ClN3O2S2/c1-27-19-15(11-24)16(12-25)20(28-2)22(30-18-9-4-3-8-17(18)26)21(19)29-14-7-5-6-13(23)10-14;1-27-19-15(11-24)16(12-25)20(28-2)22(30-18-6-4-3-5-17(18)26)21(19)29-14-9-7-13(23)8-10-14/h2*3-10H,26H2,1-2H3. The number of hydrogen-bond acceptors (Lipinski definition) is 14. The van der Waals surface area contributed by atoms with Gasteiger partial charge in [0.05, 0.1) is 48.0 Å². The highest BCUT2D eigenvalue weighted by molar-refractivity contribution is 8.03. The molecule has 0 aliphatic heterocycles. The van der Waals surface area contributed by atoms with Crippen molar-refractivity contribution >= 4 is 81.6 Å². The fourth-order valence-electron chi connectivity index (χ4n) is 5.53. The Hall–Kier alpha value is -5.94. The number of anilines is 2. The number of hydrogen-bond donors (Lipinski definition) is 2. The highest BCUT2D eigenvalue weighted by atomic mass is 35.5. The first-order valence-electron chi connectivity index (χ1n) is 17.2. The van der Waals surface area contributed by atoms with E-state index in [1.165, 1.54) is 75.5 Å². The number of halogens is 2. The molecule has 0 amide bonds. The van der Waals surface area contributed by atoms with E-state index in [0.29, 0.717) is 64.0 Å². The van der Waals surface area contributed by atoms with Crippen LogP contribution in [0.5, 0.6) is 23.0 Å². The normalized spacial score (nSPS) is 10.2. The van der Waals surface area contributed by atoms with Crippen LogP contribution in [-0.2, 0) is 0 Å². The maximum Gasteiger partial charge on any atom is 0.153 e. The van der Waals surface area contributed by atoms with Crippen LogP contribution in [0.15, 0.2) is 136 Å². The molecule has 60 heavy (non-hydrogen) atoms. The first-order chi connectivity index (χ1) is 29.1. The van der Waals surface area contributed by atoms with Crippen LogP contribution in [0.25, 0.3) is 0 Å². The molecule has 0 fully saturated rings. The maximum atomic E-state index is 9.75. The number of para-hydroxylation sites is 2. The lowest BCUT2D eigenvalue weighted by Crippen LogP contribution is -2.02. The van der Waals surface area contributed by atoms with Gasteiger partial charge in [-0.3, -0.25) is 0 Å². The average molecular weight is 908 g/mol. The third-order valence-electron chi connectivity index (χ3n) is 8.22. The fourth-order valence-corrected chi connectivity index (χ4v) is 10.4. The summed E-state index contributed by atoms with van der Waals surface area (Å²) in [4.78, 5) is 5.88. The van der Waals surface area contributed by atoms with E-state index in [9.17, 15) is 21.0 Å². The van der Waals surface area contributed by atoms with Crippen molar-refractivity contribution in [2.24, 2.45) is 0 Å². The summed E-state index contributed by atoms with van der Waals surface area (Å²) in [6.07, 6.45) is 0. The van der Waals surface area contributed by atoms with Crippen LogP contribution in [0.2, 0.25) is 10.0 Å². The van der Waals surface area contributed by atoms with E-state index >= 15 is 0 Å². The predicted molar refractivity (Wildman–Crippen MR) is 239 cm³/mol. The van der Waals surface area contributed by atoms with E-state index in [-0.39, 0.29) is 22.3 Å². The van der Waals surface area contributed by atoms with E-state index in [4.69, 9.17) is 53.6 Å². The van der Waals surface area contributed by atoms with Crippen molar-refractivity contribution in [1.82, 2.24) is 0 Å². The molecule has 0 aliphatic carbocycles. The van der Waals surface area contributed by atoms with Gasteiger partial charge < -0.3 is 30.4 Å². The minimum Gasteiger partial charge on any atom is -0.494 e. The number of ether oxygens (including phenoxy) is 4. The van der Waals surface area contributed by atoms with Crippen molar-refractivity contribution in [1.29, 1.82) is 21.0 Å². The summed E-state index contributed by atoms with van der Waals surface area (Å²) in [7, 11) is 5.88. The zero-order valence-corrected chi connectivity index (χ0v) is 37.0. The van der Waals surface area contributed by atoms with E-state index in [1.54, 1.807) is 30.3 Å². The van der Waals surface area contributed by atoms with Gasteiger partial charge in [-0.2, -0.15) is 21.0 Å². The molecule has 0 unspecified atom stereocenters. The molecular weight excluding hydrogens is 876 g/mol. The highest BCUT2D eigenvalue weighted by Crippen LogP contribution is 2.54. The van der Waals surface area contributed by atoms with Crippen LogP contribution in [0.1, 0.15) is 22.3 Å². The topological polar surface area (TPSA) is 184 Å². The molecule has 6 rings (SSSR count). The summed E-state index contributed by atoms with van der Waals surface area (Å²) >= 11 is 17.6. The number of benzene rings is 6. The lowest BCUT2D eigenvalue weighted by Gasteiger charge is -2.20. The van der Waals surface area contributed by atoms with Crippen LogP contribution in [0.3, 0.4) is 0 Å². The average Bonchev–Trinajstić information content (AvgIpc) is 3.26. The van der Waals surface area contributed by atoms with E-state index in [1.807, 2.05) is 66.7 Å². The van der Waals surface area contributed by atoms with E-state index < -0.39 is 0 Å². The molecule has 0 saturated carbocycles. The van der Waals surface area contributed by atoms with Crippen LogP contribution in [0.4, 0.5) is 11.4 Å². The zero-order valence-electron chi connectivity index (χ0n) is 32.2. The molecule has 0 atom stereocenters. The molecule has 0 spiro atoms. The third kappa shape index (κ3) is 10.1. The smallest absolute Gasteiger partial charge is 0.153 e. The summed E-state index contributed by atoms with van der Waals surface area (Å²) in [5.74, 6) is 1.22. The second kappa shape index (κ2) is 21.4. The number of nitrogens with zero attached hydrogens (tertiary/aromatic N) is 4. The molecular formula is C44H32Cl2N6O4S4. The molecule has 0 saturated heterocycles. The van der Waals surface area contributed by atoms with Gasteiger partial charge in [0.2, 0.25) is 0 Å². The molecule has 300 valence electrons. The van der Waals surface area contributed by atoms with Crippen LogP contribution < -0.4 is 30.4 Å². The second-order valence-corrected chi connectivity index (χ2v) is 16.9. The summed E-state index contributed by atoms with van der Waals surface area (Å²) in [5.41, 5.74) is 13.9. The Morgan fingerprint density at radius 1 is 0.433 bits per heavy atom. The van der Waals surface area contributed by atoms with Crippen LogP contribution >= 0.6 is 70.2 Å². The molecule has 6 aromatic carbocycles. The van der Waals surface area contributed by atoms with Crippen molar-refractivity contribution in [3.8, 4) is 47.3 Å². The SMILES string of the molecule is COc1c(C#N)c(C#N)c(OC)c(Sc2ccccc2N)c1Sc1ccc(Cl)cc1.COc1c(C#N)c(C#N)c(OC)c(Sc2ccccc2N)c1Sc1cccc(Cl)c1. The molecule has 0 bridgehead atoms. The van der Waals surface area contributed by atoms with Crippen molar-refractivity contribution in [2.45, 2.75) is 39.2 Å². The molecule has 0 heterocycles. The molecule has 10 nitrogen and oxygen atoms in total. The number of methoxy groups -OCH3 is 4. The summed E-state index contributed by atoms with van der Waals surface area (Å²) in [6, 6.07) is 37.8. The molecule has 0 aromatic heterocycles. The van der Waals surface area contributed by atoms with Gasteiger partial charge in [-0.15, -0.1) is 0 Å². The quantitative estimate of drug-likeness (QED) is 0.111. The van der Waals surface area contributed by atoms with Gasteiger partial charge in [0, 0.05) is 41.0 Å². The van der Waals surface area contributed by atoms with E-state index in [2.05, 4.69) is 24.3 Å². The minimum atomic E-state index is 0.115. The van der Waals surface area contributed by atoms with Crippen molar-refractivity contribution < 1.29 is 18.9 Å². The predicted octanol–water partition coefficient (Wildman–Crippen LogP) is 12.0. The monoisotopic (exact) mass is 906 g/mol. The number of rotatable bonds is 12. The van der Waals surface area contributed by atoms with Gasteiger partial charge in [-0.25, -0.2) is 0 Å². The van der Waals surface area contributed by atoms with Crippen LogP contribution in [-0.4, -0.2) is 28.4 Å². The zero-order chi connectivity index (χ0) is 43.3. The van der Waals surface area contributed by atoms with Crippen molar-refractivity contribution in [2.75, 3.05) is 39.9 Å². The number of nitrogen functional groups attached to an aromatic ring is 2. The number of nitriles is 4. The van der Waals surface area contributed by atoms with Gasteiger partial charge in [-0.05, 0) is 66.7 Å². The Morgan fingerprint density at radius 3 is 1.15 bits per heavy atom. The largest absolute Gasteiger partial charge is 0.494 e. The summed E-state index contributed by atoms with van der Waals surface area (Å²) in [6.45, 7) is 0. The highest BCUT2D eigenvalue weighted by Gasteiger charge is 2.29. The maximum absolute atomic E-state index is 9.75. The molecule has 0 radical (unpaired) electrons. The van der Waals surface area contributed by atoms with Gasteiger partial charge >= 0.3 is 0 Å². The number of nitrogens with two attached hydrogens (primary N) is 2. The Bertz CT molecular complexity index is 2730. The second-order valence-electron chi connectivity index (χ2n) is 11.8. The van der Waals surface area contributed by atoms with Gasteiger partial charge in [0.1, 0.15) is 46.5 Å². The third-order valence-corrected chi connectivity index (χ3v) is 13.5. The Kier molecular flexibility index (Phi) is 16.1. The van der Waals surface area contributed by atoms with Gasteiger partial charge in [-0.1, -0.05) is 101 Å². The Morgan fingerprint density at radius 2 is 0.800 bits per heavy atom. The molecule has 0 aliphatic rings. The van der Waals surface area contributed by atoms with Gasteiger partial charge in [0.25, 0.3) is 0 Å². The molecule has 6 aromatic rings. The fraction of sp³-hybridized carbons (Fsp3) is 0.0909. The summed E-state index contributed by atoms with van der Waals surface area (Å²) in [5, 5.41) is 40.2. The lowest BCUT2D eigenvalue weighted by atomic mass is 10.1. The molecule has 16 heteroatoms. The van der Waals surface area contributed by atoms with Crippen molar-refractivity contribution in [3.63, 3.8) is 0 Å². The Balaban J connectivity index is 0.000000228. The van der Waals surface area contributed by atoms with Crippen molar-refractivity contribution in [3.05, 3.63) is 129 Å². The molecule has 4 N–H and O–H groups in total. The first kappa shape index (κ1) is 45.1. The first-order valence-corrected chi connectivity index (χ1v) is 21.3. The summed E-state index contributed by atoms with van der Waals surface area (Å²) < 4.78 is 22.4. The van der Waals surface area contributed by atoms with E-state index in [0.717, 1.165) is 19.6 Å². The Labute approximate surface area is 374 Å². The van der Waals surface area contributed by atoms with Crippen LogP contribution in [0, 0.1) is 45.3 Å².